The summed E-state index contributed by atoms with van der Waals surface area (Å²) in [5, 5.41) is 12.7. The van der Waals surface area contributed by atoms with E-state index < -0.39 is 0 Å². The van der Waals surface area contributed by atoms with Crippen LogP contribution in [0.5, 0.6) is 0 Å². The van der Waals surface area contributed by atoms with Gasteiger partial charge in [-0.2, -0.15) is 0 Å². The SMILES string of the molecule is Cc1scc(Br)c1-c1nnc(-n2c(C)ccc2C)s1. The molecule has 3 aromatic heterocycles. The van der Waals surface area contributed by atoms with Gasteiger partial charge in [0.05, 0.1) is 0 Å². The summed E-state index contributed by atoms with van der Waals surface area (Å²) in [6.45, 7) is 6.28. The molecule has 0 amide bonds. The van der Waals surface area contributed by atoms with Crippen LogP contribution in [-0.2, 0) is 0 Å². The largest absolute Gasteiger partial charge is 0.293 e. The number of rotatable bonds is 2. The Morgan fingerprint density at radius 3 is 2.37 bits per heavy atom. The maximum Gasteiger partial charge on any atom is 0.217 e. The van der Waals surface area contributed by atoms with Gasteiger partial charge in [0, 0.05) is 31.7 Å². The summed E-state index contributed by atoms with van der Waals surface area (Å²) in [4.78, 5) is 1.26. The second-order valence-electron chi connectivity index (χ2n) is 4.36. The second kappa shape index (κ2) is 4.85. The van der Waals surface area contributed by atoms with Crippen LogP contribution in [0.4, 0.5) is 0 Å². The molecule has 0 fully saturated rings. The van der Waals surface area contributed by atoms with Gasteiger partial charge in [-0.3, -0.25) is 4.57 Å². The van der Waals surface area contributed by atoms with Crippen molar-refractivity contribution in [3.8, 4) is 15.7 Å². The highest BCUT2D eigenvalue weighted by molar-refractivity contribution is 9.10. The third kappa shape index (κ3) is 2.17. The summed E-state index contributed by atoms with van der Waals surface area (Å²) < 4.78 is 3.23. The number of halogens is 1. The highest BCUT2D eigenvalue weighted by Gasteiger charge is 2.16. The first-order valence-electron chi connectivity index (χ1n) is 5.80. The standard InChI is InChI=1S/C13H12BrN3S2/c1-7-4-5-8(2)17(7)13-16-15-12(19-13)11-9(3)18-6-10(11)14/h4-6H,1-3H3. The van der Waals surface area contributed by atoms with Crippen LogP contribution in [0.15, 0.2) is 22.0 Å². The predicted octanol–water partition coefficient (Wildman–Crippen LogP) is 4.75. The molecule has 0 aliphatic heterocycles. The molecule has 0 unspecified atom stereocenters. The molecule has 3 aromatic rings. The minimum absolute atomic E-state index is 0.924. The van der Waals surface area contributed by atoms with Crippen molar-refractivity contribution >= 4 is 38.6 Å². The maximum atomic E-state index is 4.34. The monoisotopic (exact) mass is 353 g/mol. The fraction of sp³-hybridized carbons (Fsp3) is 0.231. The Morgan fingerprint density at radius 2 is 1.79 bits per heavy atom. The minimum atomic E-state index is 0.924. The van der Waals surface area contributed by atoms with Gasteiger partial charge in [0.25, 0.3) is 0 Å². The van der Waals surface area contributed by atoms with Crippen LogP contribution < -0.4 is 0 Å². The molecule has 0 aromatic carbocycles. The van der Waals surface area contributed by atoms with Gasteiger partial charge in [0.1, 0.15) is 0 Å². The Hall–Kier alpha value is -0.980. The van der Waals surface area contributed by atoms with Gasteiger partial charge in [-0.15, -0.1) is 21.5 Å². The Labute approximate surface area is 128 Å². The van der Waals surface area contributed by atoms with Crippen molar-refractivity contribution < 1.29 is 0 Å². The van der Waals surface area contributed by atoms with Gasteiger partial charge >= 0.3 is 0 Å². The first-order valence-corrected chi connectivity index (χ1v) is 8.29. The van der Waals surface area contributed by atoms with Gasteiger partial charge in [0.2, 0.25) is 5.13 Å². The van der Waals surface area contributed by atoms with Gasteiger partial charge in [0.15, 0.2) is 5.01 Å². The normalized spacial score (nSPS) is 11.2. The van der Waals surface area contributed by atoms with Crippen LogP contribution in [0, 0.1) is 20.8 Å². The van der Waals surface area contributed by atoms with E-state index in [1.807, 2.05) is 0 Å². The smallest absolute Gasteiger partial charge is 0.217 e. The van der Waals surface area contributed by atoms with Crippen molar-refractivity contribution in [3.05, 3.63) is 38.3 Å². The molecule has 3 nitrogen and oxygen atoms in total. The first kappa shape index (κ1) is 13.0. The lowest BCUT2D eigenvalue weighted by atomic mass is 10.3. The molecule has 98 valence electrons. The zero-order valence-corrected chi connectivity index (χ0v) is 14.0. The van der Waals surface area contributed by atoms with Crippen molar-refractivity contribution in [2.45, 2.75) is 20.8 Å². The van der Waals surface area contributed by atoms with E-state index >= 15 is 0 Å². The number of aryl methyl sites for hydroxylation is 3. The molecule has 0 atom stereocenters. The highest BCUT2D eigenvalue weighted by atomic mass is 79.9. The number of hydrogen-bond donors (Lipinski definition) is 0. The summed E-state index contributed by atoms with van der Waals surface area (Å²) in [6, 6.07) is 4.20. The molecular formula is C13H12BrN3S2. The number of nitrogens with zero attached hydrogens (tertiary/aromatic N) is 3. The fourth-order valence-electron chi connectivity index (χ4n) is 2.06. The van der Waals surface area contributed by atoms with Gasteiger partial charge in [-0.05, 0) is 48.8 Å². The van der Waals surface area contributed by atoms with Crippen LogP contribution in [-0.4, -0.2) is 14.8 Å². The lowest BCUT2D eigenvalue weighted by Crippen LogP contribution is -1.97. The van der Waals surface area contributed by atoms with E-state index in [4.69, 9.17) is 0 Å². The van der Waals surface area contributed by atoms with E-state index in [1.165, 1.54) is 16.3 Å². The lowest BCUT2D eigenvalue weighted by Gasteiger charge is -2.02. The van der Waals surface area contributed by atoms with E-state index in [0.29, 0.717) is 0 Å². The van der Waals surface area contributed by atoms with Gasteiger partial charge < -0.3 is 0 Å². The van der Waals surface area contributed by atoms with Gasteiger partial charge in [-0.25, -0.2) is 0 Å². The van der Waals surface area contributed by atoms with Crippen LogP contribution in [0.3, 0.4) is 0 Å². The van der Waals surface area contributed by atoms with E-state index in [1.54, 1.807) is 22.7 Å². The summed E-state index contributed by atoms with van der Waals surface area (Å²) in [7, 11) is 0. The van der Waals surface area contributed by atoms with Crippen molar-refractivity contribution in [1.29, 1.82) is 0 Å². The van der Waals surface area contributed by atoms with Crippen molar-refractivity contribution in [2.24, 2.45) is 0 Å². The molecule has 0 bridgehead atoms. The highest BCUT2D eigenvalue weighted by Crippen LogP contribution is 2.38. The van der Waals surface area contributed by atoms with Crippen LogP contribution >= 0.6 is 38.6 Å². The Balaban J connectivity index is 2.10. The van der Waals surface area contributed by atoms with Crippen LogP contribution in [0.2, 0.25) is 0 Å². The molecule has 19 heavy (non-hydrogen) atoms. The zero-order valence-electron chi connectivity index (χ0n) is 10.8. The summed E-state index contributed by atoms with van der Waals surface area (Å²) in [5.74, 6) is 0. The molecule has 3 heterocycles. The molecule has 0 aliphatic rings. The van der Waals surface area contributed by atoms with Crippen LogP contribution in [0.25, 0.3) is 15.7 Å². The first-order chi connectivity index (χ1) is 9.08. The Bertz CT molecular complexity index is 639. The molecular weight excluding hydrogens is 342 g/mol. The summed E-state index contributed by atoms with van der Waals surface area (Å²) >= 11 is 6.93. The average molecular weight is 354 g/mol. The van der Waals surface area contributed by atoms with Crippen molar-refractivity contribution in [3.63, 3.8) is 0 Å². The van der Waals surface area contributed by atoms with E-state index in [2.05, 4.69) is 69.0 Å². The second-order valence-corrected chi connectivity index (χ2v) is 7.25. The maximum absolute atomic E-state index is 4.34. The quantitative estimate of drug-likeness (QED) is 0.665. The lowest BCUT2D eigenvalue weighted by molar-refractivity contribution is 0.913. The van der Waals surface area contributed by atoms with E-state index in [-0.39, 0.29) is 0 Å². The molecule has 6 heteroatoms. The van der Waals surface area contributed by atoms with E-state index in [0.717, 1.165) is 20.2 Å². The number of aromatic nitrogens is 3. The summed E-state index contributed by atoms with van der Waals surface area (Å²) in [6.07, 6.45) is 0. The number of thiophene rings is 1. The molecule has 0 radical (unpaired) electrons. The molecule has 0 spiro atoms. The third-order valence-electron chi connectivity index (χ3n) is 3.02. The summed E-state index contributed by atoms with van der Waals surface area (Å²) in [5.41, 5.74) is 3.53. The average Bonchev–Trinajstić information content (AvgIpc) is 3.02. The predicted molar refractivity (Wildman–Crippen MR) is 84.5 cm³/mol. The molecule has 0 N–H and O–H groups in total. The Kier molecular flexibility index (Phi) is 3.32. The molecule has 0 saturated heterocycles. The van der Waals surface area contributed by atoms with E-state index in [9.17, 15) is 0 Å². The third-order valence-corrected chi connectivity index (χ3v) is 5.79. The van der Waals surface area contributed by atoms with Crippen molar-refractivity contribution in [2.75, 3.05) is 0 Å². The van der Waals surface area contributed by atoms with Gasteiger partial charge in [-0.1, -0.05) is 11.3 Å². The molecule has 3 rings (SSSR count). The minimum Gasteiger partial charge on any atom is -0.293 e. The fourth-order valence-corrected chi connectivity index (χ4v) is 4.95. The number of hydrogen-bond acceptors (Lipinski definition) is 4. The van der Waals surface area contributed by atoms with Crippen LogP contribution in [0.1, 0.15) is 16.3 Å². The topological polar surface area (TPSA) is 30.7 Å². The molecule has 0 aliphatic carbocycles. The molecule has 0 saturated carbocycles. The Morgan fingerprint density at radius 1 is 1.11 bits per heavy atom. The zero-order chi connectivity index (χ0) is 13.6. The van der Waals surface area contributed by atoms with Crippen molar-refractivity contribution in [1.82, 2.24) is 14.8 Å².